The number of nitrogens with two attached hydrogens (primary N) is 1. The molecule has 1 aromatic carbocycles. The molecule has 2 saturated heterocycles. The number of nitrogens with one attached hydrogen (secondary N) is 1. The second-order valence-electron chi connectivity index (χ2n) is 9.74. The van der Waals surface area contributed by atoms with Gasteiger partial charge in [-0.2, -0.15) is 0 Å². The zero-order valence-corrected chi connectivity index (χ0v) is 21.5. The van der Waals surface area contributed by atoms with Gasteiger partial charge in [0.25, 0.3) is 0 Å². The van der Waals surface area contributed by atoms with Gasteiger partial charge < -0.3 is 34.9 Å². The SMILES string of the molecule is CCn1c(CC[C@@H]2CCCN2C(=O)[C@H]2CCCN2C(COC(=O)O)OC(=O)O)cc2ccc(C(=N)N)cc21. The number of ether oxygens (including phenoxy) is 2. The molecule has 0 bridgehead atoms. The first-order valence-corrected chi connectivity index (χ1v) is 13.0. The van der Waals surface area contributed by atoms with E-state index in [1.165, 1.54) is 0 Å². The standard InChI is InChI=1S/C26H35N5O7/c1-2-29-19(13-16-7-8-17(23(27)28)14-21(16)29)10-9-18-5-3-11-30(18)24(32)20-6-4-12-31(20)22(38-26(35)36)15-37-25(33)34/h7-8,13-14,18,20,22H,2-6,9-12,15H2,1H3,(H3,27,28)(H,33,34)(H,35,36)/t18-,20+,22?/m0/s1. The number of benzene rings is 1. The third kappa shape index (κ3) is 5.85. The largest absolute Gasteiger partial charge is 0.507 e. The molecular weight excluding hydrogens is 494 g/mol. The number of carbonyl (C=O) groups excluding carboxylic acids is 1. The minimum atomic E-state index is -1.55. The minimum Gasteiger partial charge on any atom is -0.450 e. The van der Waals surface area contributed by atoms with E-state index in [0.717, 1.165) is 48.8 Å². The van der Waals surface area contributed by atoms with Crippen LogP contribution in [0.2, 0.25) is 0 Å². The van der Waals surface area contributed by atoms with E-state index in [-0.39, 0.29) is 17.8 Å². The van der Waals surface area contributed by atoms with Crippen molar-refractivity contribution in [2.45, 2.75) is 70.3 Å². The molecule has 0 aliphatic carbocycles. The Hall–Kier alpha value is -3.80. The molecule has 2 fully saturated rings. The van der Waals surface area contributed by atoms with Gasteiger partial charge in [-0.25, -0.2) is 9.59 Å². The molecule has 206 valence electrons. The molecule has 12 nitrogen and oxygen atoms in total. The Morgan fingerprint density at radius 3 is 2.58 bits per heavy atom. The number of amidine groups is 1. The Labute approximate surface area is 220 Å². The summed E-state index contributed by atoms with van der Waals surface area (Å²) in [4.78, 5) is 39.3. The van der Waals surface area contributed by atoms with Crippen LogP contribution in [0.25, 0.3) is 10.9 Å². The first-order chi connectivity index (χ1) is 18.2. The monoisotopic (exact) mass is 529 g/mol. The van der Waals surface area contributed by atoms with Gasteiger partial charge >= 0.3 is 12.3 Å². The van der Waals surface area contributed by atoms with Crippen molar-refractivity contribution >= 4 is 35.0 Å². The molecule has 5 N–H and O–H groups in total. The fourth-order valence-electron chi connectivity index (χ4n) is 5.85. The van der Waals surface area contributed by atoms with Crippen LogP contribution in [-0.4, -0.2) is 86.6 Å². The van der Waals surface area contributed by atoms with Gasteiger partial charge in [-0.3, -0.25) is 15.1 Å². The van der Waals surface area contributed by atoms with Crippen molar-refractivity contribution < 1.29 is 34.1 Å². The summed E-state index contributed by atoms with van der Waals surface area (Å²) in [6.45, 7) is 3.39. The van der Waals surface area contributed by atoms with Gasteiger partial charge in [0.1, 0.15) is 12.4 Å². The van der Waals surface area contributed by atoms with Crippen molar-refractivity contribution in [1.82, 2.24) is 14.4 Å². The Morgan fingerprint density at radius 2 is 1.89 bits per heavy atom. The first-order valence-electron chi connectivity index (χ1n) is 13.0. The molecule has 0 radical (unpaired) electrons. The van der Waals surface area contributed by atoms with Gasteiger partial charge in [0.2, 0.25) is 5.91 Å². The highest BCUT2D eigenvalue weighted by atomic mass is 16.7. The minimum absolute atomic E-state index is 0.0314. The molecular formula is C26H35N5O7. The third-order valence-electron chi connectivity index (χ3n) is 7.55. The number of rotatable bonds is 10. The topological polar surface area (TPSA) is 171 Å². The Balaban J connectivity index is 1.46. The van der Waals surface area contributed by atoms with E-state index >= 15 is 0 Å². The Morgan fingerprint density at radius 1 is 1.13 bits per heavy atom. The number of fused-ring (bicyclic) bond motifs is 1. The Bertz CT molecular complexity index is 1210. The maximum Gasteiger partial charge on any atom is 0.507 e. The van der Waals surface area contributed by atoms with Crippen LogP contribution < -0.4 is 5.73 Å². The zero-order chi connectivity index (χ0) is 27.4. The lowest BCUT2D eigenvalue weighted by atomic mass is 10.1. The molecule has 2 aliphatic heterocycles. The normalized spacial score (nSPS) is 20.5. The molecule has 0 saturated carbocycles. The highest BCUT2D eigenvalue weighted by Gasteiger charge is 2.42. The van der Waals surface area contributed by atoms with Crippen molar-refractivity contribution in [3.05, 3.63) is 35.5 Å². The van der Waals surface area contributed by atoms with Crippen LogP contribution in [0.4, 0.5) is 9.59 Å². The molecule has 4 rings (SSSR count). The number of nitrogen functional groups attached to an aromatic ring is 1. The van der Waals surface area contributed by atoms with E-state index < -0.39 is 31.2 Å². The van der Waals surface area contributed by atoms with Crippen molar-refractivity contribution in [1.29, 1.82) is 5.41 Å². The van der Waals surface area contributed by atoms with Crippen LogP contribution in [0.15, 0.2) is 24.3 Å². The molecule has 2 aliphatic rings. The summed E-state index contributed by atoms with van der Waals surface area (Å²) in [5.74, 6) is -0.0506. The number of amides is 1. The van der Waals surface area contributed by atoms with E-state index in [9.17, 15) is 14.4 Å². The van der Waals surface area contributed by atoms with Crippen LogP contribution in [-0.2, 0) is 27.2 Å². The summed E-state index contributed by atoms with van der Waals surface area (Å²) in [6.07, 6.45) is 0.271. The van der Waals surface area contributed by atoms with Crippen molar-refractivity contribution in [2.24, 2.45) is 5.73 Å². The number of hydrogen-bond acceptors (Lipinski definition) is 7. The number of hydrogen-bond donors (Lipinski definition) is 4. The van der Waals surface area contributed by atoms with Crippen molar-refractivity contribution in [2.75, 3.05) is 19.7 Å². The second kappa shape index (κ2) is 11.7. The molecule has 12 heteroatoms. The fourth-order valence-corrected chi connectivity index (χ4v) is 5.85. The third-order valence-corrected chi connectivity index (χ3v) is 7.55. The van der Waals surface area contributed by atoms with Gasteiger partial charge in [-0.15, -0.1) is 0 Å². The van der Waals surface area contributed by atoms with Crippen LogP contribution >= 0.6 is 0 Å². The van der Waals surface area contributed by atoms with Crippen LogP contribution in [0.3, 0.4) is 0 Å². The van der Waals surface area contributed by atoms with Crippen LogP contribution in [0.1, 0.15) is 50.3 Å². The maximum atomic E-state index is 13.7. The number of aromatic nitrogens is 1. The second-order valence-corrected chi connectivity index (χ2v) is 9.74. The molecule has 3 atom stereocenters. The maximum absolute atomic E-state index is 13.7. The summed E-state index contributed by atoms with van der Waals surface area (Å²) in [7, 11) is 0. The molecule has 1 amide bonds. The molecule has 0 spiro atoms. The van der Waals surface area contributed by atoms with Gasteiger partial charge in [-0.05, 0) is 63.0 Å². The van der Waals surface area contributed by atoms with Gasteiger partial charge in [0, 0.05) is 42.5 Å². The van der Waals surface area contributed by atoms with Gasteiger partial charge in [-0.1, -0.05) is 12.1 Å². The van der Waals surface area contributed by atoms with E-state index in [1.54, 1.807) is 4.90 Å². The van der Waals surface area contributed by atoms with Gasteiger partial charge in [0.05, 0.1) is 6.04 Å². The lowest BCUT2D eigenvalue weighted by Crippen LogP contribution is -2.52. The average molecular weight is 530 g/mol. The summed E-state index contributed by atoms with van der Waals surface area (Å²) in [5.41, 5.74) is 8.56. The number of aryl methyl sites for hydroxylation is 2. The summed E-state index contributed by atoms with van der Waals surface area (Å²) in [6, 6.07) is 7.38. The Kier molecular flexibility index (Phi) is 8.40. The molecule has 2 aromatic rings. The zero-order valence-electron chi connectivity index (χ0n) is 21.5. The predicted octanol–water partition coefficient (Wildman–Crippen LogP) is 3.05. The summed E-state index contributed by atoms with van der Waals surface area (Å²) in [5, 5.41) is 26.8. The first kappa shape index (κ1) is 27.2. The van der Waals surface area contributed by atoms with Crippen molar-refractivity contribution in [3.8, 4) is 0 Å². The number of likely N-dealkylation sites (tertiary alicyclic amines) is 2. The van der Waals surface area contributed by atoms with Gasteiger partial charge in [0.15, 0.2) is 6.23 Å². The molecule has 1 aromatic heterocycles. The lowest BCUT2D eigenvalue weighted by molar-refractivity contribution is -0.143. The summed E-state index contributed by atoms with van der Waals surface area (Å²) >= 11 is 0. The highest BCUT2D eigenvalue weighted by Crippen LogP contribution is 2.30. The van der Waals surface area contributed by atoms with E-state index in [0.29, 0.717) is 31.5 Å². The van der Waals surface area contributed by atoms with Crippen molar-refractivity contribution in [3.63, 3.8) is 0 Å². The van der Waals surface area contributed by atoms with Crippen LogP contribution in [0.5, 0.6) is 0 Å². The predicted molar refractivity (Wildman–Crippen MR) is 138 cm³/mol. The number of nitrogens with zero attached hydrogens (tertiary/aromatic N) is 3. The number of carboxylic acid groups (broad SMARTS) is 2. The lowest BCUT2D eigenvalue weighted by Gasteiger charge is -2.34. The average Bonchev–Trinajstić information content (AvgIpc) is 3.62. The molecule has 38 heavy (non-hydrogen) atoms. The van der Waals surface area contributed by atoms with E-state index in [1.807, 2.05) is 23.1 Å². The summed E-state index contributed by atoms with van der Waals surface area (Å²) < 4.78 is 11.7. The fraction of sp³-hybridized carbons (Fsp3) is 0.538. The smallest absolute Gasteiger partial charge is 0.450 e. The highest BCUT2D eigenvalue weighted by molar-refractivity contribution is 5.98. The van der Waals surface area contributed by atoms with E-state index in [4.69, 9.17) is 26.1 Å². The molecule has 1 unspecified atom stereocenters. The quantitative estimate of drug-likeness (QED) is 0.205. The number of carbonyl (C=O) groups is 3. The van der Waals surface area contributed by atoms with E-state index in [2.05, 4.69) is 22.3 Å². The molecule has 3 heterocycles. The van der Waals surface area contributed by atoms with Crippen LogP contribution in [0, 0.1) is 5.41 Å².